The molecule has 1 atom stereocenters. The lowest BCUT2D eigenvalue weighted by Crippen LogP contribution is -2.32. The number of nitriles is 3. The zero-order valence-corrected chi connectivity index (χ0v) is 13.1. The largest absolute Gasteiger partial charge is 0.506 e. The zero-order valence-electron chi connectivity index (χ0n) is 13.1. The minimum atomic E-state index is -0.907. The van der Waals surface area contributed by atoms with E-state index in [1.165, 1.54) is 6.07 Å². The summed E-state index contributed by atoms with van der Waals surface area (Å²) in [6.45, 7) is 0. The number of para-hydroxylation sites is 1. The average Bonchev–Trinajstić information content (AvgIpc) is 2.61. The van der Waals surface area contributed by atoms with E-state index in [1.807, 2.05) is 12.1 Å². The summed E-state index contributed by atoms with van der Waals surface area (Å²) >= 11 is 0. The first-order chi connectivity index (χ1) is 12.5. The maximum Gasteiger partial charge on any atom is 0.211 e. The number of nitrogens with zero attached hydrogens (tertiary/aromatic N) is 5. The van der Waals surface area contributed by atoms with E-state index in [1.54, 1.807) is 18.3 Å². The second-order valence-electron chi connectivity index (χ2n) is 5.26. The first-order valence-corrected chi connectivity index (χ1v) is 7.22. The Labute approximate surface area is 147 Å². The van der Waals surface area contributed by atoms with Gasteiger partial charge in [0, 0.05) is 11.1 Å². The van der Waals surface area contributed by atoms with Crippen LogP contribution >= 0.6 is 0 Å². The number of anilines is 3. The molecule has 1 unspecified atom stereocenters. The molecule has 10 nitrogen and oxygen atoms in total. The normalized spacial score (nSPS) is 14.7. The Hall–Kier alpha value is -4.49. The van der Waals surface area contributed by atoms with Gasteiger partial charge in [-0.25, -0.2) is 9.98 Å². The van der Waals surface area contributed by atoms with Crippen LogP contribution in [0.2, 0.25) is 0 Å². The summed E-state index contributed by atoms with van der Waals surface area (Å²) in [5.41, 5.74) is 12.5. The molecule has 1 aliphatic heterocycles. The summed E-state index contributed by atoms with van der Waals surface area (Å²) in [5, 5.41) is 42.8. The molecule has 126 valence electrons. The van der Waals surface area contributed by atoms with Crippen LogP contribution in [0.5, 0.6) is 5.75 Å². The predicted molar refractivity (Wildman–Crippen MR) is 92.2 cm³/mol. The minimum absolute atomic E-state index is 0.0154. The van der Waals surface area contributed by atoms with Crippen LogP contribution in [0.3, 0.4) is 0 Å². The van der Waals surface area contributed by atoms with Crippen LogP contribution in [0.1, 0.15) is 28.3 Å². The van der Waals surface area contributed by atoms with Gasteiger partial charge in [0.15, 0.2) is 6.19 Å². The third kappa shape index (κ3) is 2.42. The smallest absolute Gasteiger partial charge is 0.211 e. The van der Waals surface area contributed by atoms with Gasteiger partial charge in [0.25, 0.3) is 0 Å². The van der Waals surface area contributed by atoms with Crippen molar-refractivity contribution in [1.29, 1.82) is 15.8 Å². The van der Waals surface area contributed by atoms with Gasteiger partial charge in [0.1, 0.15) is 41.1 Å². The molecule has 26 heavy (non-hydrogen) atoms. The van der Waals surface area contributed by atoms with Crippen molar-refractivity contribution in [2.75, 3.05) is 16.8 Å². The number of fused-ring (bicyclic) bond motifs is 1. The Morgan fingerprint density at radius 2 is 1.96 bits per heavy atom. The highest BCUT2D eigenvalue weighted by Gasteiger charge is 2.31. The number of nitrogens with two attached hydrogens (primary N) is 2. The van der Waals surface area contributed by atoms with Crippen molar-refractivity contribution in [1.82, 2.24) is 10.3 Å². The second kappa shape index (κ2) is 6.19. The van der Waals surface area contributed by atoms with E-state index in [4.69, 9.17) is 22.0 Å². The molecule has 2 heterocycles. The van der Waals surface area contributed by atoms with Gasteiger partial charge in [-0.15, -0.1) is 0 Å². The third-order valence-electron chi connectivity index (χ3n) is 3.84. The van der Waals surface area contributed by atoms with E-state index in [0.29, 0.717) is 5.56 Å². The third-order valence-corrected chi connectivity index (χ3v) is 3.84. The maximum absolute atomic E-state index is 10.4. The van der Waals surface area contributed by atoms with Crippen molar-refractivity contribution in [2.45, 2.75) is 6.04 Å². The molecule has 0 saturated carbocycles. The first-order valence-electron chi connectivity index (χ1n) is 7.22. The van der Waals surface area contributed by atoms with E-state index in [9.17, 15) is 10.4 Å². The number of pyridine rings is 1. The molecule has 0 aliphatic carbocycles. The summed E-state index contributed by atoms with van der Waals surface area (Å²) in [7, 11) is 0. The van der Waals surface area contributed by atoms with Gasteiger partial charge >= 0.3 is 0 Å². The lowest BCUT2D eigenvalue weighted by Gasteiger charge is -2.26. The number of nitrogen functional groups attached to an aromatic ring is 2. The summed E-state index contributed by atoms with van der Waals surface area (Å²) in [6.07, 6.45) is 1.73. The van der Waals surface area contributed by atoms with E-state index in [2.05, 4.69) is 20.6 Å². The Bertz CT molecular complexity index is 1070. The lowest BCUT2D eigenvalue weighted by molar-refractivity contribution is 0.463. The van der Waals surface area contributed by atoms with Crippen LogP contribution in [0, 0.1) is 34.1 Å². The predicted octanol–water partition coefficient (Wildman–Crippen LogP) is 0.637. The topological polar surface area (TPSA) is 193 Å². The minimum Gasteiger partial charge on any atom is -0.506 e. The monoisotopic (exact) mass is 345 g/mol. The van der Waals surface area contributed by atoms with Crippen LogP contribution in [0.4, 0.5) is 17.3 Å². The van der Waals surface area contributed by atoms with Crippen LogP contribution in [-0.4, -0.2) is 16.1 Å². The zero-order chi connectivity index (χ0) is 18.8. The van der Waals surface area contributed by atoms with Crippen molar-refractivity contribution in [3.8, 4) is 24.1 Å². The van der Waals surface area contributed by atoms with Gasteiger partial charge in [-0.3, -0.25) is 5.32 Å². The average molecular weight is 345 g/mol. The molecule has 3 rings (SSSR count). The van der Waals surface area contributed by atoms with Gasteiger partial charge in [0.2, 0.25) is 5.96 Å². The highest BCUT2D eigenvalue weighted by atomic mass is 16.3. The first kappa shape index (κ1) is 16.4. The number of aromatic hydroxyl groups is 1. The fourth-order valence-electron chi connectivity index (χ4n) is 2.68. The van der Waals surface area contributed by atoms with Crippen molar-refractivity contribution in [2.24, 2.45) is 4.99 Å². The van der Waals surface area contributed by atoms with E-state index in [0.717, 1.165) is 0 Å². The molecule has 0 radical (unpaired) electrons. The van der Waals surface area contributed by atoms with E-state index >= 15 is 0 Å². The number of rotatable bonds is 1. The molecule has 0 amide bonds. The van der Waals surface area contributed by atoms with Crippen molar-refractivity contribution in [3.63, 3.8) is 0 Å². The molecule has 0 fully saturated rings. The van der Waals surface area contributed by atoms with Crippen LogP contribution in [0.25, 0.3) is 0 Å². The van der Waals surface area contributed by atoms with Crippen molar-refractivity contribution >= 4 is 23.3 Å². The Morgan fingerprint density at radius 1 is 1.19 bits per heavy atom. The SMILES string of the molecule is N#CNC1=NC(c2cccc(C#N)c2O)c2c(nc(N)c(C#N)c2N)N1. The number of aromatic nitrogens is 1. The fraction of sp³-hybridized carbons (Fsp3) is 0.0625. The van der Waals surface area contributed by atoms with Gasteiger partial charge < -0.3 is 21.9 Å². The number of nitrogens with one attached hydrogen (secondary N) is 2. The fourth-order valence-corrected chi connectivity index (χ4v) is 2.68. The second-order valence-corrected chi connectivity index (χ2v) is 5.26. The number of phenolic OH excluding ortho intramolecular Hbond substituents is 1. The van der Waals surface area contributed by atoms with E-state index < -0.39 is 6.04 Å². The molecule has 2 aromatic rings. The quantitative estimate of drug-likeness (QED) is 0.364. The molecule has 1 aromatic heterocycles. The molecule has 1 aliphatic rings. The van der Waals surface area contributed by atoms with Gasteiger partial charge in [-0.05, 0) is 6.07 Å². The standard InChI is InChI=1S/C16H11N9O/c17-4-7-2-1-3-8(13(7)26)12-10-11(20)9(5-18)14(21)24-15(10)25-16(23-12)22-6-19/h1-3,12,26H,(H6,20,21,22,23,24,25). The lowest BCUT2D eigenvalue weighted by atomic mass is 9.93. The van der Waals surface area contributed by atoms with E-state index in [-0.39, 0.29) is 45.7 Å². The molecule has 7 N–H and O–H groups in total. The molecule has 0 saturated heterocycles. The van der Waals surface area contributed by atoms with Crippen LogP contribution < -0.4 is 22.1 Å². The molecular formula is C16H11N9O. The number of hydrogen-bond acceptors (Lipinski definition) is 10. The van der Waals surface area contributed by atoms with Crippen LogP contribution in [-0.2, 0) is 0 Å². The number of guanidine groups is 1. The molecular weight excluding hydrogens is 334 g/mol. The number of benzene rings is 1. The summed E-state index contributed by atoms with van der Waals surface area (Å²) in [5.74, 6) is -0.105. The number of hydrogen-bond donors (Lipinski definition) is 5. The maximum atomic E-state index is 10.4. The molecule has 10 heteroatoms. The molecule has 1 aromatic carbocycles. The summed E-state index contributed by atoms with van der Waals surface area (Å²) in [6, 6.07) is 7.45. The summed E-state index contributed by atoms with van der Waals surface area (Å²) < 4.78 is 0. The van der Waals surface area contributed by atoms with Gasteiger partial charge in [0.05, 0.1) is 11.3 Å². The van der Waals surface area contributed by atoms with Gasteiger partial charge in [-0.2, -0.15) is 15.8 Å². The van der Waals surface area contributed by atoms with Crippen molar-refractivity contribution < 1.29 is 5.11 Å². The molecule has 0 bridgehead atoms. The van der Waals surface area contributed by atoms with Crippen LogP contribution in [0.15, 0.2) is 23.2 Å². The van der Waals surface area contributed by atoms with Crippen molar-refractivity contribution in [3.05, 3.63) is 40.5 Å². The Morgan fingerprint density at radius 3 is 2.62 bits per heavy atom. The Kier molecular flexibility index (Phi) is 3.90. The number of aliphatic imine (C=N–C) groups is 1. The summed E-state index contributed by atoms with van der Waals surface area (Å²) in [4.78, 5) is 8.43. The molecule has 0 spiro atoms. The Balaban J connectivity index is 2.31. The highest BCUT2D eigenvalue weighted by Crippen LogP contribution is 2.43. The highest BCUT2D eigenvalue weighted by molar-refractivity contribution is 5.98. The van der Waals surface area contributed by atoms with Gasteiger partial charge in [-0.1, -0.05) is 12.1 Å². The number of phenols is 1.